The molecule has 2 N–H and O–H groups in total. The van der Waals surface area contributed by atoms with Crippen LogP contribution < -0.4 is 15.7 Å². The second-order valence-electron chi connectivity index (χ2n) is 9.76. The number of methoxy groups -OCH3 is 2. The van der Waals surface area contributed by atoms with Gasteiger partial charge in [-0.15, -0.1) is 5.10 Å². The van der Waals surface area contributed by atoms with Crippen LogP contribution in [0.4, 0.5) is 9.18 Å². The van der Waals surface area contributed by atoms with Gasteiger partial charge in [0.25, 0.3) is 0 Å². The molecule has 2 aliphatic carbocycles. The number of carbonyl (C=O) groups excluding carboxylic acids is 1. The molecular formula is C27H28FN7O4. The minimum absolute atomic E-state index is 0.181. The number of alkyl carbamates (subject to hydrolysis) is 1. The molecule has 4 heterocycles. The number of nitrogens with one attached hydrogen (secondary N) is 2. The molecule has 11 nitrogen and oxygen atoms in total. The largest absolute Gasteiger partial charge is 0.479 e. The second kappa shape index (κ2) is 9.29. The van der Waals surface area contributed by atoms with Gasteiger partial charge in [-0.05, 0) is 24.5 Å². The predicted octanol–water partition coefficient (Wildman–Crippen LogP) is 3.88. The first-order valence-corrected chi connectivity index (χ1v) is 12.6. The Balaban J connectivity index is 1.64. The van der Waals surface area contributed by atoms with E-state index in [2.05, 4.69) is 15.4 Å². The van der Waals surface area contributed by atoms with Gasteiger partial charge in [0, 0.05) is 32.3 Å². The molecule has 0 bridgehead atoms. The van der Waals surface area contributed by atoms with E-state index >= 15 is 0 Å². The van der Waals surface area contributed by atoms with E-state index in [0.29, 0.717) is 35.4 Å². The molecule has 6 rings (SSSR count). The number of aryl methyl sites for hydroxylation is 2. The van der Waals surface area contributed by atoms with Crippen molar-refractivity contribution >= 4 is 33.7 Å². The number of hydrogen-bond acceptors (Lipinski definition) is 6. The summed E-state index contributed by atoms with van der Waals surface area (Å²) in [6.07, 6.45) is 11.3. The van der Waals surface area contributed by atoms with E-state index in [1.54, 1.807) is 40.2 Å². The number of halogens is 1. The number of rotatable bonds is 5. The maximum Gasteiger partial charge on any atom is 0.407 e. The summed E-state index contributed by atoms with van der Waals surface area (Å²) in [5.41, 5.74) is 4.93. The summed E-state index contributed by atoms with van der Waals surface area (Å²) in [6.45, 7) is 0. The van der Waals surface area contributed by atoms with Gasteiger partial charge < -0.3 is 19.8 Å². The molecule has 2 aliphatic rings. The molecule has 2 atom stereocenters. The average Bonchev–Trinajstić information content (AvgIpc) is 3.69. The summed E-state index contributed by atoms with van der Waals surface area (Å²) in [5.74, 6) is 0.250. The molecule has 0 unspecified atom stereocenters. The minimum Gasteiger partial charge on any atom is -0.479 e. The van der Waals surface area contributed by atoms with Gasteiger partial charge in [-0.3, -0.25) is 13.8 Å². The molecule has 0 fully saturated rings. The van der Waals surface area contributed by atoms with E-state index in [1.807, 2.05) is 25.4 Å². The Morgan fingerprint density at radius 3 is 2.74 bits per heavy atom. The molecule has 1 amide bonds. The predicted molar refractivity (Wildman–Crippen MR) is 144 cm³/mol. The number of pyridine rings is 1. The number of carbonyl (C=O) groups is 1. The van der Waals surface area contributed by atoms with Crippen LogP contribution in [0, 0.1) is 0 Å². The lowest BCUT2D eigenvalue weighted by Gasteiger charge is -2.16. The standard InChI is InChI=1S/C27H28FN7O4/c1-33-13-18(25(32-33)38-3)22-20(14-5-7-15(28)8-6-14)21-23-19(12-29-24(21)31-22)34(2)27(37)35(23)17-10-9-16(11-17)30-26(36)39-4/h5,7,9-10,12-13,16-17H,6,8,11H2,1-4H3,(H,29,31)(H,30,36)/t16-,17-/m1/s1. The number of aromatic amines is 1. The van der Waals surface area contributed by atoms with Crippen LogP contribution in [0.25, 0.3) is 38.9 Å². The lowest BCUT2D eigenvalue weighted by atomic mass is 9.93. The Kier molecular flexibility index (Phi) is 5.89. The number of amides is 1. The van der Waals surface area contributed by atoms with E-state index in [4.69, 9.17) is 14.5 Å². The fourth-order valence-corrected chi connectivity index (χ4v) is 5.61. The van der Waals surface area contributed by atoms with E-state index < -0.39 is 6.09 Å². The van der Waals surface area contributed by atoms with Crippen molar-refractivity contribution in [3.05, 3.63) is 58.6 Å². The summed E-state index contributed by atoms with van der Waals surface area (Å²) in [6, 6.07) is -0.595. The van der Waals surface area contributed by atoms with Crippen LogP contribution >= 0.6 is 0 Å². The molecule has 0 saturated carbocycles. The summed E-state index contributed by atoms with van der Waals surface area (Å²) in [7, 11) is 6.39. The van der Waals surface area contributed by atoms with E-state index in [0.717, 1.165) is 27.8 Å². The van der Waals surface area contributed by atoms with Crippen LogP contribution in [0.1, 0.15) is 30.9 Å². The van der Waals surface area contributed by atoms with Crippen LogP contribution in [-0.4, -0.2) is 55.2 Å². The van der Waals surface area contributed by atoms with E-state index in [-0.39, 0.29) is 30.0 Å². The fraction of sp³-hybridized carbons (Fsp3) is 0.333. The molecule has 39 heavy (non-hydrogen) atoms. The molecule has 202 valence electrons. The number of allylic oxidation sites excluding steroid dienone is 5. The molecule has 0 radical (unpaired) electrons. The lowest BCUT2D eigenvalue weighted by molar-refractivity contribution is 0.168. The van der Waals surface area contributed by atoms with Gasteiger partial charge in [-0.1, -0.05) is 18.2 Å². The third-order valence-electron chi connectivity index (χ3n) is 7.43. The van der Waals surface area contributed by atoms with Crippen molar-refractivity contribution in [1.82, 2.24) is 34.2 Å². The quantitative estimate of drug-likeness (QED) is 0.376. The third-order valence-corrected chi connectivity index (χ3v) is 7.43. The van der Waals surface area contributed by atoms with Crippen molar-refractivity contribution in [3.63, 3.8) is 0 Å². The first kappa shape index (κ1) is 24.7. The van der Waals surface area contributed by atoms with Crippen LogP contribution in [0.15, 0.2) is 47.3 Å². The topological polar surface area (TPSA) is 121 Å². The maximum atomic E-state index is 14.1. The smallest absolute Gasteiger partial charge is 0.407 e. The van der Waals surface area contributed by atoms with E-state index in [1.165, 1.54) is 13.2 Å². The van der Waals surface area contributed by atoms with Gasteiger partial charge in [0.15, 0.2) is 0 Å². The zero-order valence-electron chi connectivity index (χ0n) is 22.0. The molecule has 12 heteroatoms. The normalized spacial score (nSPS) is 19.0. The van der Waals surface area contributed by atoms with Crippen LogP contribution in [-0.2, 0) is 18.8 Å². The summed E-state index contributed by atoms with van der Waals surface area (Å²) in [4.78, 5) is 33.6. The number of aromatic nitrogens is 6. The monoisotopic (exact) mass is 533 g/mol. The molecule has 0 saturated heterocycles. The zero-order valence-corrected chi connectivity index (χ0v) is 22.0. The SMILES string of the molecule is COC(=O)N[C@@H]1C=C[C@@H](n2c(=O)n(C)c3cnc4[nH]c(-c5cn(C)nc5OC)c(C5=CC=C(F)CC5)c4c32)C1. The van der Waals surface area contributed by atoms with Gasteiger partial charge in [0.1, 0.15) is 11.5 Å². The number of imidazole rings is 1. The van der Waals surface area contributed by atoms with Crippen molar-refractivity contribution < 1.29 is 18.7 Å². The highest BCUT2D eigenvalue weighted by Crippen LogP contribution is 2.44. The average molecular weight is 534 g/mol. The van der Waals surface area contributed by atoms with Crippen molar-refractivity contribution in [2.45, 2.75) is 31.3 Å². The fourth-order valence-electron chi connectivity index (χ4n) is 5.61. The van der Waals surface area contributed by atoms with Gasteiger partial charge in [0.05, 0.1) is 60.2 Å². The Morgan fingerprint density at radius 1 is 1.21 bits per heavy atom. The number of nitrogens with zero attached hydrogens (tertiary/aromatic N) is 5. The lowest BCUT2D eigenvalue weighted by Crippen LogP contribution is -2.33. The van der Waals surface area contributed by atoms with Crippen molar-refractivity contribution in [3.8, 4) is 17.1 Å². The van der Waals surface area contributed by atoms with Crippen molar-refractivity contribution in [1.29, 1.82) is 0 Å². The van der Waals surface area contributed by atoms with Gasteiger partial charge in [-0.2, -0.15) is 0 Å². The van der Waals surface area contributed by atoms with E-state index in [9.17, 15) is 14.0 Å². The Morgan fingerprint density at radius 2 is 2.03 bits per heavy atom. The third kappa shape index (κ3) is 3.94. The van der Waals surface area contributed by atoms with Gasteiger partial charge in [-0.25, -0.2) is 19.0 Å². The molecule has 4 aromatic rings. The number of ether oxygens (including phenoxy) is 2. The van der Waals surface area contributed by atoms with Gasteiger partial charge >= 0.3 is 11.8 Å². The molecule has 0 aliphatic heterocycles. The summed E-state index contributed by atoms with van der Waals surface area (Å²) < 4.78 is 29.4. The van der Waals surface area contributed by atoms with Crippen molar-refractivity contribution in [2.75, 3.05) is 14.2 Å². The molecule has 0 spiro atoms. The first-order chi connectivity index (χ1) is 18.8. The highest BCUT2D eigenvalue weighted by Gasteiger charge is 2.30. The maximum absolute atomic E-state index is 14.1. The first-order valence-electron chi connectivity index (χ1n) is 12.6. The highest BCUT2D eigenvalue weighted by atomic mass is 19.1. The Hall–Kier alpha value is -4.61. The molecule has 0 aromatic carbocycles. The van der Waals surface area contributed by atoms with Crippen LogP contribution in [0.5, 0.6) is 5.88 Å². The molecule has 4 aromatic heterocycles. The number of fused-ring (bicyclic) bond motifs is 3. The highest BCUT2D eigenvalue weighted by molar-refractivity contribution is 6.11. The molecular weight excluding hydrogens is 505 g/mol. The van der Waals surface area contributed by atoms with Crippen LogP contribution in [0.3, 0.4) is 0 Å². The minimum atomic E-state index is -0.533. The Labute approximate surface area is 222 Å². The van der Waals surface area contributed by atoms with Crippen LogP contribution in [0.2, 0.25) is 0 Å². The summed E-state index contributed by atoms with van der Waals surface area (Å²) >= 11 is 0. The van der Waals surface area contributed by atoms with Gasteiger partial charge in [0.2, 0.25) is 5.88 Å². The zero-order chi connectivity index (χ0) is 27.4. The number of H-pyrrole nitrogens is 1. The summed E-state index contributed by atoms with van der Waals surface area (Å²) in [5, 5.41) is 7.96. The number of hydrogen-bond donors (Lipinski definition) is 2. The Bertz CT molecular complexity index is 1780. The van der Waals surface area contributed by atoms with Crippen molar-refractivity contribution in [2.24, 2.45) is 14.1 Å². The second-order valence-corrected chi connectivity index (χ2v) is 9.76.